The van der Waals surface area contributed by atoms with Gasteiger partial charge in [-0.3, -0.25) is 0 Å². The number of rotatable bonds is 6. The second kappa shape index (κ2) is 8.95. The molecule has 0 saturated carbocycles. The van der Waals surface area contributed by atoms with Gasteiger partial charge in [0.05, 0.1) is 36.4 Å². The summed E-state index contributed by atoms with van der Waals surface area (Å²) < 4.78 is 84.3. The number of hydrogen-bond acceptors (Lipinski definition) is 8. The van der Waals surface area contributed by atoms with Crippen molar-refractivity contribution < 1.29 is 30.0 Å². The summed E-state index contributed by atoms with van der Waals surface area (Å²) in [4.78, 5) is 21.2. The minimum atomic E-state index is -3.42. The number of piperazine rings is 1. The van der Waals surface area contributed by atoms with Gasteiger partial charge < -0.3 is 24.0 Å². The highest BCUT2D eigenvalue weighted by Gasteiger charge is 2.23. The Bertz CT molecular complexity index is 1330. The zero-order valence-corrected chi connectivity index (χ0v) is 16.2. The van der Waals surface area contributed by atoms with Crippen LogP contribution in [0.15, 0.2) is 36.8 Å². The molecule has 10 nitrogen and oxygen atoms in total. The molecule has 4 heterocycles. The molecule has 0 bridgehead atoms. The summed E-state index contributed by atoms with van der Waals surface area (Å²) >= 11 is 0. The lowest BCUT2D eigenvalue weighted by atomic mass is 10.1. The van der Waals surface area contributed by atoms with Crippen LogP contribution in [-0.2, 0) is 9.47 Å². The van der Waals surface area contributed by atoms with Crippen molar-refractivity contribution in [2.75, 3.05) is 58.3 Å². The van der Waals surface area contributed by atoms with Gasteiger partial charge in [-0.15, -0.1) is 0 Å². The molecule has 4 rings (SSSR count). The number of carbonyl (C=O) groups is 1. The van der Waals surface area contributed by atoms with Crippen molar-refractivity contribution in [1.29, 1.82) is 0 Å². The predicted molar refractivity (Wildman–Crippen MR) is 110 cm³/mol. The van der Waals surface area contributed by atoms with E-state index in [1.165, 1.54) is 43.4 Å². The van der Waals surface area contributed by atoms with Crippen LogP contribution in [-0.4, -0.2) is 84.0 Å². The van der Waals surface area contributed by atoms with Gasteiger partial charge in [-0.2, -0.15) is 5.10 Å². The molecule has 1 saturated heterocycles. The summed E-state index contributed by atoms with van der Waals surface area (Å²) in [6, 6.07) is 4.50. The highest BCUT2D eigenvalue weighted by molar-refractivity contribution is 5.80. The Kier molecular flexibility index (Phi) is 3.68. The Labute approximate surface area is 185 Å². The van der Waals surface area contributed by atoms with Crippen molar-refractivity contribution in [3.63, 3.8) is 0 Å². The van der Waals surface area contributed by atoms with Crippen molar-refractivity contribution in [2.24, 2.45) is 0 Å². The Balaban J connectivity index is 1.86. The van der Waals surface area contributed by atoms with E-state index in [0.717, 1.165) is 0 Å². The molecule has 1 aliphatic rings. The zero-order valence-electron chi connectivity index (χ0n) is 24.2. The summed E-state index contributed by atoms with van der Waals surface area (Å²) in [6.07, 6.45) is 2.71. The van der Waals surface area contributed by atoms with Crippen LogP contribution < -0.4 is 9.64 Å². The van der Waals surface area contributed by atoms with Crippen molar-refractivity contribution in [3.05, 3.63) is 36.8 Å². The molecular formula is C20H24N6O4. The molecule has 10 heteroatoms. The average Bonchev–Trinajstić information content (AvgIpc) is 3.26. The van der Waals surface area contributed by atoms with Crippen molar-refractivity contribution in [3.8, 4) is 17.0 Å². The maximum absolute atomic E-state index is 12.7. The monoisotopic (exact) mass is 420 g/mol. The Morgan fingerprint density at radius 2 is 2.00 bits per heavy atom. The molecule has 1 amide bonds. The minimum Gasteiger partial charge on any atom is -0.481 e. The number of methoxy groups -OCH3 is 2. The van der Waals surface area contributed by atoms with Gasteiger partial charge in [0.15, 0.2) is 5.65 Å². The molecule has 0 radical (unpaired) electrons. The van der Waals surface area contributed by atoms with Crippen LogP contribution in [0.3, 0.4) is 0 Å². The predicted octanol–water partition coefficient (Wildman–Crippen LogP) is 1.70. The molecule has 158 valence electrons. The van der Waals surface area contributed by atoms with E-state index in [9.17, 15) is 4.79 Å². The van der Waals surface area contributed by atoms with Crippen molar-refractivity contribution in [1.82, 2.24) is 24.5 Å². The summed E-state index contributed by atoms with van der Waals surface area (Å²) in [7, 11) is 2.74. The SMILES string of the molecule is [2H]C1([2H])N(C(=O)OCCOC)C([2H])([2H])C([2H])([2H])N(c2ccn3ncc(-c4cccnc4OC)c3n2)C1([2H])[2H]. The molecule has 3 aromatic rings. The van der Waals surface area contributed by atoms with Crippen LogP contribution in [0.1, 0.15) is 11.0 Å². The minimum absolute atomic E-state index is 0.0865. The molecule has 0 unspecified atom stereocenters. The molecule has 0 N–H and O–H groups in total. The van der Waals surface area contributed by atoms with Gasteiger partial charge in [0, 0.05) is 51.1 Å². The molecule has 30 heavy (non-hydrogen) atoms. The van der Waals surface area contributed by atoms with E-state index in [4.69, 9.17) is 25.2 Å². The quantitative estimate of drug-likeness (QED) is 0.556. The van der Waals surface area contributed by atoms with Gasteiger partial charge in [-0.1, -0.05) is 0 Å². The zero-order chi connectivity index (χ0) is 28.1. The lowest BCUT2D eigenvalue weighted by Crippen LogP contribution is -2.49. The average molecular weight is 420 g/mol. The van der Waals surface area contributed by atoms with Gasteiger partial charge in [0.25, 0.3) is 0 Å². The summed E-state index contributed by atoms with van der Waals surface area (Å²) in [6.45, 7) is -14.0. The molecule has 0 aromatic carbocycles. The standard InChI is InChI=1S/C20H24N6O4/c1-28-12-13-30-20(27)25-10-8-24(9-11-25)17-5-7-26-18(23-17)16(14-22-26)15-4-3-6-21-19(15)29-2/h3-7,14H,8-13H2,1-2H3/i8D2,9D2,10D2,11D2. The first-order valence-corrected chi connectivity index (χ1v) is 8.83. The first kappa shape index (κ1) is 12.3. The third-order valence-electron chi connectivity index (χ3n) is 4.08. The summed E-state index contributed by atoms with van der Waals surface area (Å²) in [5.41, 5.74) is 0.988. The van der Waals surface area contributed by atoms with E-state index in [1.807, 2.05) is 0 Å². The van der Waals surface area contributed by atoms with Crippen LogP contribution in [0.4, 0.5) is 10.6 Å². The van der Waals surface area contributed by atoms with Crippen molar-refractivity contribution >= 4 is 17.6 Å². The topological polar surface area (TPSA) is 94.3 Å². The van der Waals surface area contributed by atoms with Crippen LogP contribution in [0.5, 0.6) is 5.88 Å². The van der Waals surface area contributed by atoms with Crippen LogP contribution in [0.2, 0.25) is 0 Å². The number of aromatic nitrogens is 4. The normalized spacial score (nSPS) is 24.9. The lowest BCUT2D eigenvalue weighted by molar-refractivity contribution is 0.0705. The first-order chi connectivity index (χ1) is 17.7. The summed E-state index contributed by atoms with van der Waals surface area (Å²) in [5.74, 6) is -0.203. The largest absolute Gasteiger partial charge is 0.481 e. The van der Waals surface area contributed by atoms with E-state index >= 15 is 0 Å². The molecule has 0 atom stereocenters. The molecule has 1 fully saturated rings. The van der Waals surface area contributed by atoms with Gasteiger partial charge in [-0.05, 0) is 18.2 Å². The fourth-order valence-corrected chi connectivity index (χ4v) is 2.67. The highest BCUT2D eigenvalue weighted by atomic mass is 16.6. The maximum atomic E-state index is 12.7. The van der Waals surface area contributed by atoms with Gasteiger partial charge in [0.1, 0.15) is 12.4 Å². The lowest BCUT2D eigenvalue weighted by Gasteiger charge is -2.34. The van der Waals surface area contributed by atoms with E-state index in [-0.39, 0.29) is 34.5 Å². The summed E-state index contributed by atoms with van der Waals surface area (Å²) in [5, 5.41) is 4.19. The Morgan fingerprint density at radius 1 is 1.17 bits per heavy atom. The van der Waals surface area contributed by atoms with Crippen LogP contribution in [0, 0.1) is 0 Å². The number of ether oxygens (including phenoxy) is 3. The second-order valence-corrected chi connectivity index (χ2v) is 5.90. The number of nitrogens with zero attached hydrogens (tertiary/aromatic N) is 6. The van der Waals surface area contributed by atoms with Gasteiger partial charge >= 0.3 is 6.09 Å². The molecule has 1 aliphatic heterocycles. The Morgan fingerprint density at radius 3 is 2.77 bits per heavy atom. The van der Waals surface area contributed by atoms with E-state index in [2.05, 4.69) is 15.1 Å². The molecular weight excluding hydrogens is 388 g/mol. The van der Waals surface area contributed by atoms with Gasteiger partial charge in [0.2, 0.25) is 5.88 Å². The maximum Gasteiger partial charge on any atom is 0.409 e. The van der Waals surface area contributed by atoms with Crippen molar-refractivity contribution in [2.45, 2.75) is 0 Å². The fraction of sp³-hybridized carbons (Fsp3) is 0.400. The van der Waals surface area contributed by atoms with E-state index in [0.29, 0.717) is 11.1 Å². The number of amides is 1. The second-order valence-electron chi connectivity index (χ2n) is 5.90. The first-order valence-electron chi connectivity index (χ1n) is 12.8. The third-order valence-corrected chi connectivity index (χ3v) is 4.08. The molecule has 0 aliphatic carbocycles. The molecule has 3 aromatic heterocycles. The number of fused-ring (bicyclic) bond motifs is 1. The number of pyridine rings is 1. The van der Waals surface area contributed by atoms with Crippen LogP contribution in [0.25, 0.3) is 16.8 Å². The Hall–Kier alpha value is -3.40. The fourth-order valence-electron chi connectivity index (χ4n) is 2.67. The molecule has 0 spiro atoms. The highest BCUT2D eigenvalue weighted by Crippen LogP contribution is 2.31. The van der Waals surface area contributed by atoms with E-state index in [1.54, 1.807) is 12.1 Å². The smallest absolute Gasteiger partial charge is 0.409 e. The number of carbonyl (C=O) groups excluding carboxylic acids is 1. The third kappa shape index (κ3) is 3.99. The number of hydrogen-bond donors (Lipinski definition) is 0. The van der Waals surface area contributed by atoms with E-state index < -0.39 is 37.9 Å². The van der Waals surface area contributed by atoms with Crippen LogP contribution >= 0.6 is 0 Å². The van der Waals surface area contributed by atoms with Gasteiger partial charge in [-0.25, -0.2) is 19.3 Å². The number of anilines is 1.